The summed E-state index contributed by atoms with van der Waals surface area (Å²) in [6, 6.07) is 18.8. The number of aromatic amines is 1. The van der Waals surface area contributed by atoms with Crippen LogP contribution in [-0.4, -0.2) is 53.8 Å². The third-order valence-corrected chi connectivity index (χ3v) is 6.37. The van der Waals surface area contributed by atoms with Crippen molar-refractivity contribution >= 4 is 5.91 Å². The van der Waals surface area contributed by atoms with Gasteiger partial charge in [0.2, 0.25) is 5.91 Å². The first-order valence-corrected chi connectivity index (χ1v) is 12.7. The molecule has 0 saturated carbocycles. The van der Waals surface area contributed by atoms with Gasteiger partial charge >= 0.3 is 0 Å². The summed E-state index contributed by atoms with van der Waals surface area (Å²) in [6.07, 6.45) is 0.957. The van der Waals surface area contributed by atoms with Crippen molar-refractivity contribution in [3.8, 4) is 28.6 Å². The van der Waals surface area contributed by atoms with Crippen LogP contribution in [0.3, 0.4) is 0 Å². The minimum Gasteiger partial charge on any atom is -0.493 e. The fraction of sp³-hybridized carbons (Fsp3) is 0.267. The van der Waals surface area contributed by atoms with Crippen molar-refractivity contribution in [2.45, 2.75) is 25.9 Å². The van der Waals surface area contributed by atoms with Crippen LogP contribution < -0.4 is 19.8 Å². The number of ether oxygens (including phenoxy) is 3. The molecule has 1 N–H and O–H groups in total. The number of hydrogen-bond donors (Lipinski definition) is 1. The number of methoxy groups -OCH3 is 2. The molecule has 0 bridgehead atoms. The van der Waals surface area contributed by atoms with Gasteiger partial charge in [0.1, 0.15) is 23.9 Å². The Morgan fingerprint density at radius 1 is 0.925 bits per heavy atom. The van der Waals surface area contributed by atoms with Crippen LogP contribution in [0.2, 0.25) is 0 Å². The molecule has 0 aliphatic carbocycles. The molecule has 1 aromatic heterocycles. The monoisotopic (exact) mass is 546 g/mol. The van der Waals surface area contributed by atoms with Crippen molar-refractivity contribution in [3.05, 3.63) is 99.7 Å². The molecule has 1 amide bonds. The van der Waals surface area contributed by atoms with Gasteiger partial charge < -0.3 is 24.1 Å². The molecule has 208 valence electrons. The van der Waals surface area contributed by atoms with Crippen LogP contribution in [0.25, 0.3) is 11.4 Å². The highest BCUT2D eigenvalue weighted by atomic mass is 19.1. The predicted molar refractivity (Wildman–Crippen MR) is 148 cm³/mol. The highest BCUT2D eigenvalue weighted by molar-refractivity contribution is 5.76. The Hall–Kier alpha value is -4.73. The molecule has 40 heavy (non-hydrogen) atoms. The number of hydrogen-bond acceptors (Lipinski definition) is 7. The number of amides is 1. The molecule has 4 aromatic rings. The topological polar surface area (TPSA) is 107 Å². The predicted octanol–water partition coefficient (Wildman–Crippen LogP) is 4.20. The van der Waals surface area contributed by atoms with Crippen LogP contribution in [0, 0.1) is 5.82 Å². The maximum atomic E-state index is 13.3. The van der Waals surface area contributed by atoms with Crippen molar-refractivity contribution in [3.63, 3.8) is 0 Å². The molecule has 0 spiro atoms. The molecule has 0 saturated heterocycles. The van der Waals surface area contributed by atoms with E-state index in [1.54, 1.807) is 62.6 Å². The summed E-state index contributed by atoms with van der Waals surface area (Å²) in [5.74, 6) is 1.78. The number of aryl methyl sites for hydroxylation is 1. The van der Waals surface area contributed by atoms with E-state index >= 15 is 0 Å². The average molecular weight is 547 g/mol. The first kappa shape index (κ1) is 28.3. The minimum absolute atomic E-state index is 0.0976. The number of nitrogens with zero attached hydrogens (tertiary/aromatic N) is 3. The Kier molecular flexibility index (Phi) is 9.45. The number of rotatable bonds is 12. The van der Waals surface area contributed by atoms with E-state index in [0.717, 1.165) is 11.1 Å². The summed E-state index contributed by atoms with van der Waals surface area (Å²) in [7, 11) is 4.89. The molecule has 0 aliphatic heterocycles. The van der Waals surface area contributed by atoms with E-state index in [0.29, 0.717) is 41.6 Å². The number of carbonyl (C=O) groups is 1. The van der Waals surface area contributed by atoms with Crippen molar-refractivity contribution in [1.29, 1.82) is 0 Å². The van der Waals surface area contributed by atoms with Gasteiger partial charge in [-0.05, 0) is 66.1 Å². The standard InChI is InChI=1S/C30H31FN4O5/c1-35(16-15-20-7-13-26(38-2)27(18-20)39-3)28(36)14-12-25-30(37)32-29(34-33-25)22-8-10-24(11-9-22)40-19-21-5-4-6-23(31)17-21/h4-11,13,17-18H,12,14-16,19H2,1-3H3,(H,32,34,37). The van der Waals surface area contributed by atoms with Gasteiger partial charge in [-0.15, -0.1) is 10.2 Å². The largest absolute Gasteiger partial charge is 0.493 e. The summed E-state index contributed by atoms with van der Waals surface area (Å²) in [6.45, 7) is 0.740. The summed E-state index contributed by atoms with van der Waals surface area (Å²) >= 11 is 0. The van der Waals surface area contributed by atoms with Gasteiger partial charge in [0.05, 0.1) is 14.2 Å². The van der Waals surface area contributed by atoms with Crippen LogP contribution in [0.4, 0.5) is 4.39 Å². The van der Waals surface area contributed by atoms with E-state index in [4.69, 9.17) is 14.2 Å². The van der Waals surface area contributed by atoms with E-state index in [9.17, 15) is 14.0 Å². The maximum Gasteiger partial charge on any atom is 0.273 e. The van der Waals surface area contributed by atoms with Gasteiger partial charge in [0, 0.05) is 32.0 Å². The molecule has 0 aliphatic rings. The molecular weight excluding hydrogens is 515 g/mol. The van der Waals surface area contributed by atoms with Crippen LogP contribution in [0.5, 0.6) is 17.2 Å². The lowest BCUT2D eigenvalue weighted by molar-refractivity contribution is -0.129. The lowest BCUT2D eigenvalue weighted by Crippen LogP contribution is -2.30. The highest BCUT2D eigenvalue weighted by Crippen LogP contribution is 2.27. The quantitative estimate of drug-likeness (QED) is 0.284. The molecule has 10 heteroatoms. The van der Waals surface area contributed by atoms with E-state index in [1.807, 2.05) is 18.2 Å². The van der Waals surface area contributed by atoms with E-state index in [-0.39, 0.29) is 36.9 Å². The van der Waals surface area contributed by atoms with Gasteiger partial charge in [-0.1, -0.05) is 18.2 Å². The number of aromatic nitrogens is 3. The van der Waals surface area contributed by atoms with Gasteiger partial charge in [0.15, 0.2) is 17.3 Å². The van der Waals surface area contributed by atoms with Crippen LogP contribution in [0.15, 0.2) is 71.5 Å². The van der Waals surface area contributed by atoms with Crippen molar-refractivity contribution < 1.29 is 23.4 Å². The Balaban J connectivity index is 1.28. The molecule has 4 rings (SSSR count). The highest BCUT2D eigenvalue weighted by Gasteiger charge is 2.14. The zero-order chi connectivity index (χ0) is 28.5. The molecule has 0 radical (unpaired) electrons. The maximum absolute atomic E-state index is 13.3. The zero-order valence-electron chi connectivity index (χ0n) is 22.6. The number of H-pyrrole nitrogens is 1. The second-order valence-corrected chi connectivity index (χ2v) is 9.15. The van der Waals surface area contributed by atoms with Crippen LogP contribution in [-0.2, 0) is 24.2 Å². The fourth-order valence-corrected chi connectivity index (χ4v) is 4.03. The van der Waals surface area contributed by atoms with E-state index in [1.165, 1.54) is 12.1 Å². The number of nitrogens with one attached hydrogen (secondary N) is 1. The average Bonchev–Trinajstić information content (AvgIpc) is 2.98. The van der Waals surface area contributed by atoms with Gasteiger partial charge in [-0.3, -0.25) is 9.59 Å². The second-order valence-electron chi connectivity index (χ2n) is 9.15. The summed E-state index contributed by atoms with van der Waals surface area (Å²) < 4.78 is 29.6. The number of halogens is 1. The summed E-state index contributed by atoms with van der Waals surface area (Å²) in [4.78, 5) is 29.6. The summed E-state index contributed by atoms with van der Waals surface area (Å²) in [5, 5.41) is 8.20. The van der Waals surface area contributed by atoms with Gasteiger partial charge in [0.25, 0.3) is 5.56 Å². The summed E-state index contributed by atoms with van der Waals surface area (Å²) in [5.41, 5.74) is 2.19. The number of carbonyl (C=O) groups excluding carboxylic acids is 1. The smallest absolute Gasteiger partial charge is 0.273 e. The second kappa shape index (κ2) is 13.4. The Labute approximate surface area is 231 Å². The molecule has 9 nitrogen and oxygen atoms in total. The number of likely N-dealkylation sites (N-methyl/N-ethyl adjacent to an activating group) is 1. The van der Waals surface area contributed by atoms with Crippen LogP contribution in [0.1, 0.15) is 23.2 Å². The lowest BCUT2D eigenvalue weighted by Gasteiger charge is -2.17. The van der Waals surface area contributed by atoms with Gasteiger partial charge in [-0.25, -0.2) is 4.39 Å². The Morgan fingerprint density at radius 3 is 2.40 bits per heavy atom. The third-order valence-electron chi connectivity index (χ3n) is 6.37. The fourth-order valence-electron chi connectivity index (χ4n) is 4.03. The number of benzene rings is 3. The molecule has 1 heterocycles. The van der Waals surface area contributed by atoms with Gasteiger partial charge in [-0.2, -0.15) is 0 Å². The Bertz CT molecular complexity index is 1510. The minimum atomic E-state index is -0.391. The first-order chi connectivity index (χ1) is 19.4. The van der Waals surface area contributed by atoms with Crippen LogP contribution >= 0.6 is 0 Å². The lowest BCUT2D eigenvalue weighted by atomic mass is 10.1. The third kappa shape index (κ3) is 7.43. The molecular formula is C30H31FN4O5. The van der Waals surface area contributed by atoms with E-state index in [2.05, 4.69) is 15.2 Å². The SMILES string of the molecule is COc1ccc(CCN(C)C(=O)CCc2nnc(-c3ccc(OCc4cccc(F)c4)cc3)[nH]c2=O)cc1OC. The van der Waals surface area contributed by atoms with Crippen molar-refractivity contribution in [1.82, 2.24) is 20.1 Å². The normalized spacial score (nSPS) is 10.7. The molecule has 3 aromatic carbocycles. The van der Waals surface area contributed by atoms with Crippen molar-refractivity contribution in [2.75, 3.05) is 27.8 Å². The zero-order valence-corrected chi connectivity index (χ0v) is 22.6. The van der Waals surface area contributed by atoms with E-state index < -0.39 is 5.56 Å². The molecule has 0 unspecified atom stereocenters. The molecule has 0 atom stereocenters. The first-order valence-electron chi connectivity index (χ1n) is 12.7. The Morgan fingerprint density at radius 2 is 1.70 bits per heavy atom. The van der Waals surface area contributed by atoms with Crippen molar-refractivity contribution in [2.24, 2.45) is 0 Å². The molecule has 0 fully saturated rings.